The maximum absolute atomic E-state index is 3.49. The first-order chi connectivity index (χ1) is 4.50. The minimum atomic E-state index is -0.959. The van der Waals surface area contributed by atoms with Crippen LogP contribution in [-0.4, -0.2) is 22.6 Å². The SMILES string of the molecule is C[Si](C)(C)c1cc(Br)c[se]1. The molecule has 0 aromatic carbocycles. The Morgan fingerprint density at radius 3 is 2.20 bits per heavy atom. The first-order valence-electron chi connectivity index (χ1n) is 3.24. The maximum atomic E-state index is 3.49. The molecule has 0 amide bonds. The van der Waals surface area contributed by atoms with Gasteiger partial charge in [-0.15, -0.1) is 0 Å². The second kappa shape index (κ2) is 2.98. The zero-order chi connectivity index (χ0) is 7.78. The molecular formula is C7H11BrSeSi. The third kappa shape index (κ3) is 2.09. The predicted octanol–water partition coefficient (Wildman–Crippen LogP) is 2.05. The fraction of sp³-hybridized carbons (Fsp3) is 0.429. The van der Waals surface area contributed by atoms with E-state index in [9.17, 15) is 0 Å². The Balaban J connectivity index is 2.96. The summed E-state index contributed by atoms with van der Waals surface area (Å²) in [6, 6.07) is 2.31. The van der Waals surface area contributed by atoms with E-state index in [4.69, 9.17) is 0 Å². The first kappa shape index (κ1) is 8.79. The van der Waals surface area contributed by atoms with Crippen LogP contribution in [0.5, 0.6) is 0 Å². The molecule has 0 aliphatic rings. The molecular weight excluding hydrogens is 271 g/mol. The third-order valence-electron chi connectivity index (χ3n) is 1.31. The standard InChI is InChI=1S/C7H11BrSeSi/c1-10(2,3)7-4-6(8)5-9-7/h4-5H,1-3H3. The van der Waals surface area contributed by atoms with Gasteiger partial charge in [-0.2, -0.15) is 0 Å². The van der Waals surface area contributed by atoms with Crippen molar-refractivity contribution in [2.45, 2.75) is 19.6 Å². The second-order valence-electron chi connectivity index (χ2n) is 3.38. The Kier molecular flexibility index (Phi) is 2.62. The van der Waals surface area contributed by atoms with Gasteiger partial charge in [0, 0.05) is 0 Å². The molecule has 56 valence electrons. The summed E-state index contributed by atoms with van der Waals surface area (Å²) in [4.78, 5) is 2.31. The normalized spacial score (nSPS) is 12.0. The van der Waals surface area contributed by atoms with Gasteiger partial charge in [-0.3, -0.25) is 0 Å². The quantitative estimate of drug-likeness (QED) is 0.692. The van der Waals surface area contributed by atoms with Gasteiger partial charge in [0.1, 0.15) is 0 Å². The van der Waals surface area contributed by atoms with Crippen LogP contribution >= 0.6 is 15.9 Å². The van der Waals surface area contributed by atoms with Crippen molar-refractivity contribution in [3.05, 3.63) is 15.5 Å². The van der Waals surface area contributed by atoms with E-state index in [-0.39, 0.29) is 0 Å². The molecule has 1 aromatic rings. The molecule has 0 fully saturated rings. The molecule has 0 N–H and O–H groups in total. The Hall–Kier alpha value is 0.696. The van der Waals surface area contributed by atoms with Crippen LogP contribution in [0.25, 0.3) is 0 Å². The van der Waals surface area contributed by atoms with Crippen LogP contribution in [-0.2, 0) is 0 Å². The summed E-state index contributed by atoms with van der Waals surface area (Å²) in [6.07, 6.45) is 0. The predicted molar refractivity (Wildman–Crippen MR) is 54.1 cm³/mol. The monoisotopic (exact) mass is 282 g/mol. The Morgan fingerprint density at radius 1 is 1.40 bits per heavy atom. The fourth-order valence-corrected chi connectivity index (χ4v) is 6.50. The fourth-order valence-electron chi connectivity index (χ4n) is 0.706. The van der Waals surface area contributed by atoms with Crippen LogP contribution in [0.15, 0.2) is 15.5 Å². The van der Waals surface area contributed by atoms with Crippen molar-refractivity contribution in [1.29, 1.82) is 0 Å². The van der Waals surface area contributed by atoms with Gasteiger partial charge in [-0.05, 0) is 0 Å². The van der Waals surface area contributed by atoms with Crippen LogP contribution < -0.4 is 4.06 Å². The van der Waals surface area contributed by atoms with Crippen molar-refractivity contribution in [3.8, 4) is 0 Å². The van der Waals surface area contributed by atoms with Crippen LogP contribution in [0.2, 0.25) is 19.6 Å². The van der Waals surface area contributed by atoms with Crippen LogP contribution in [0, 0.1) is 0 Å². The van der Waals surface area contributed by atoms with Crippen molar-refractivity contribution in [2.75, 3.05) is 0 Å². The van der Waals surface area contributed by atoms with E-state index in [0.29, 0.717) is 14.5 Å². The van der Waals surface area contributed by atoms with Crippen molar-refractivity contribution >= 4 is 42.6 Å². The molecule has 0 atom stereocenters. The molecule has 0 saturated carbocycles. The summed E-state index contributed by atoms with van der Waals surface area (Å²) in [7, 11) is -0.959. The molecule has 1 aromatic heterocycles. The molecule has 0 radical (unpaired) electrons. The van der Waals surface area contributed by atoms with Crippen molar-refractivity contribution < 1.29 is 0 Å². The van der Waals surface area contributed by atoms with Gasteiger partial charge in [-0.25, -0.2) is 0 Å². The minimum absolute atomic E-state index is 0.656. The van der Waals surface area contributed by atoms with Gasteiger partial charge in [-0.1, -0.05) is 0 Å². The summed E-state index contributed by atoms with van der Waals surface area (Å²) in [5, 5.41) is 0. The van der Waals surface area contributed by atoms with E-state index in [1.807, 2.05) is 0 Å². The summed E-state index contributed by atoms with van der Waals surface area (Å²) >= 11 is 4.15. The molecule has 1 rings (SSSR count). The van der Waals surface area contributed by atoms with Crippen LogP contribution in [0.4, 0.5) is 0 Å². The van der Waals surface area contributed by atoms with E-state index in [1.165, 1.54) is 4.47 Å². The first-order valence-corrected chi connectivity index (χ1v) is 9.38. The zero-order valence-corrected chi connectivity index (χ0v) is 10.7. The van der Waals surface area contributed by atoms with Gasteiger partial charge >= 0.3 is 77.7 Å². The molecule has 0 aliphatic carbocycles. The summed E-state index contributed by atoms with van der Waals surface area (Å²) in [5.41, 5.74) is 0. The summed E-state index contributed by atoms with van der Waals surface area (Å²) < 4.78 is 3.01. The molecule has 0 spiro atoms. The average Bonchev–Trinajstić information content (AvgIpc) is 2.11. The molecule has 0 unspecified atom stereocenters. The molecule has 10 heavy (non-hydrogen) atoms. The summed E-state index contributed by atoms with van der Waals surface area (Å²) in [6.45, 7) is 7.21. The van der Waals surface area contributed by atoms with Crippen LogP contribution in [0.1, 0.15) is 0 Å². The Morgan fingerprint density at radius 2 is 2.00 bits per heavy atom. The molecule has 0 saturated heterocycles. The van der Waals surface area contributed by atoms with Gasteiger partial charge < -0.3 is 0 Å². The van der Waals surface area contributed by atoms with Gasteiger partial charge in [0.05, 0.1) is 0 Å². The number of rotatable bonds is 1. The van der Waals surface area contributed by atoms with E-state index < -0.39 is 8.07 Å². The third-order valence-corrected chi connectivity index (χ3v) is 10.1. The van der Waals surface area contributed by atoms with E-state index in [1.54, 1.807) is 4.06 Å². The van der Waals surface area contributed by atoms with Crippen LogP contribution in [0.3, 0.4) is 0 Å². The molecule has 1 heterocycles. The van der Waals surface area contributed by atoms with Crippen molar-refractivity contribution in [3.63, 3.8) is 0 Å². The Bertz CT molecular complexity index is 224. The average molecular weight is 282 g/mol. The van der Waals surface area contributed by atoms with Gasteiger partial charge in [0.25, 0.3) is 0 Å². The summed E-state index contributed by atoms with van der Waals surface area (Å²) in [5.74, 6) is 0. The zero-order valence-electron chi connectivity index (χ0n) is 6.44. The molecule has 0 bridgehead atoms. The topological polar surface area (TPSA) is 0 Å². The Labute approximate surface area is 77.5 Å². The second-order valence-corrected chi connectivity index (χ2v) is 12.1. The number of hydrogen-bond donors (Lipinski definition) is 0. The molecule has 0 aliphatic heterocycles. The van der Waals surface area contributed by atoms with Crippen molar-refractivity contribution in [2.24, 2.45) is 0 Å². The van der Waals surface area contributed by atoms with E-state index >= 15 is 0 Å². The van der Waals surface area contributed by atoms with Gasteiger partial charge in [0.15, 0.2) is 0 Å². The van der Waals surface area contributed by atoms with Crippen molar-refractivity contribution in [1.82, 2.24) is 0 Å². The molecule has 3 heteroatoms. The number of halogens is 1. The van der Waals surface area contributed by atoms with E-state index in [2.05, 4.69) is 46.6 Å². The number of hydrogen-bond acceptors (Lipinski definition) is 0. The van der Waals surface area contributed by atoms with Gasteiger partial charge in [0.2, 0.25) is 0 Å². The van der Waals surface area contributed by atoms with E-state index in [0.717, 1.165) is 0 Å². The molecule has 0 nitrogen and oxygen atoms in total.